The molecule has 1 aliphatic carbocycles. The Bertz CT molecular complexity index is 900. The average Bonchev–Trinajstić information content (AvgIpc) is 2.69. The molecule has 7 heteroatoms. The summed E-state index contributed by atoms with van der Waals surface area (Å²) in [6.45, 7) is 0.280. The monoisotopic (exact) mass is 351 g/mol. The van der Waals surface area contributed by atoms with E-state index in [2.05, 4.69) is 10.4 Å². The second kappa shape index (κ2) is 8.28. The van der Waals surface area contributed by atoms with Crippen LogP contribution in [0.2, 0.25) is 0 Å². The molecule has 0 bridgehead atoms. The number of nitrogens with zero attached hydrogens (tertiary/aromatic N) is 2. The van der Waals surface area contributed by atoms with Crippen molar-refractivity contribution in [1.82, 2.24) is 9.78 Å². The first kappa shape index (κ1) is 17.7. The third kappa shape index (κ3) is 4.08. The van der Waals surface area contributed by atoms with E-state index in [9.17, 15) is 4.79 Å². The lowest BCUT2D eigenvalue weighted by atomic mass is 10.1. The smallest absolute Gasteiger partial charge is 0.209 e. The van der Waals surface area contributed by atoms with Crippen molar-refractivity contribution in [2.45, 2.75) is 12.5 Å². The molecule has 0 radical (unpaired) electrons. The van der Waals surface area contributed by atoms with Gasteiger partial charge in [-0.3, -0.25) is 9.48 Å². The maximum absolute atomic E-state index is 12.4. The second-order valence-corrected chi connectivity index (χ2v) is 5.75. The largest absolute Gasteiger partial charge is 0.412 e. The van der Waals surface area contributed by atoms with Crippen LogP contribution in [-0.4, -0.2) is 16.3 Å². The molecule has 1 aliphatic rings. The van der Waals surface area contributed by atoms with Gasteiger partial charge in [0.1, 0.15) is 5.76 Å². The van der Waals surface area contributed by atoms with E-state index in [1.807, 2.05) is 42.5 Å². The molecule has 0 saturated heterocycles. The third-order valence-electron chi connectivity index (χ3n) is 3.95. The van der Waals surface area contributed by atoms with E-state index in [0.29, 0.717) is 17.2 Å². The van der Waals surface area contributed by atoms with Crippen LogP contribution in [0.5, 0.6) is 0 Å². The van der Waals surface area contributed by atoms with E-state index in [-0.39, 0.29) is 18.0 Å². The number of nitrogens with one attached hydrogen (secondary N) is 1. The molecule has 0 fully saturated rings. The highest BCUT2D eigenvalue weighted by molar-refractivity contribution is 5.74. The summed E-state index contributed by atoms with van der Waals surface area (Å²) >= 11 is 0. The fourth-order valence-electron chi connectivity index (χ4n) is 2.69. The minimum absolute atomic E-state index is 0.0891. The summed E-state index contributed by atoms with van der Waals surface area (Å²) < 4.78 is 1.72. The zero-order valence-corrected chi connectivity index (χ0v) is 14.2. The molecule has 5 N–H and O–H groups in total. The van der Waals surface area contributed by atoms with Crippen molar-refractivity contribution in [3.8, 4) is 0 Å². The van der Waals surface area contributed by atoms with Crippen LogP contribution in [0.1, 0.15) is 18.2 Å². The molecule has 1 aromatic carbocycles. The van der Waals surface area contributed by atoms with Crippen LogP contribution in [0.25, 0.3) is 5.70 Å². The van der Waals surface area contributed by atoms with Crippen LogP contribution in [0, 0.1) is 0 Å². The van der Waals surface area contributed by atoms with Crippen LogP contribution in [0.15, 0.2) is 77.5 Å². The first-order valence-electron chi connectivity index (χ1n) is 8.28. The number of para-hydroxylation sites is 1. The van der Waals surface area contributed by atoms with E-state index in [4.69, 9.17) is 16.5 Å². The lowest BCUT2D eigenvalue weighted by Gasteiger charge is -2.19. The van der Waals surface area contributed by atoms with Gasteiger partial charge in [-0.05, 0) is 36.8 Å². The molecule has 134 valence electrons. The molecular weight excluding hydrogens is 330 g/mol. The van der Waals surface area contributed by atoms with Crippen molar-refractivity contribution >= 4 is 11.4 Å². The van der Waals surface area contributed by atoms with Gasteiger partial charge in [0.2, 0.25) is 5.43 Å². The maximum atomic E-state index is 12.4. The van der Waals surface area contributed by atoms with Gasteiger partial charge < -0.3 is 15.9 Å². The molecule has 0 saturated carbocycles. The molecule has 2 aromatic rings. The number of hydrogen-bond donors (Lipinski definition) is 3. The summed E-state index contributed by atoms with van der Waals surface area (Å²) in [5.74, 6) is 5.80. The van der Waals surface area contributed by atoms with Crippen molar-refractivity contribution in [1.29, 1.82) is 0 Å². The zero-order valence-electron chi connectivity index (χ0n) is 14.2. The van der Waals surface area contributed by atoms with Crippen LogP contribution < -0.4 is 22.4 Å². The van der Waals surface area contributed by atoms with Crippen molar-refractivity contribution in [2.24, 2.45) is 11.6 Å². The zero-order chi connectivity index (χ0) is 18.4. The highest BCUT2D eigenvalue weighted by Crippen LogP contribution is 2.21. The first-order chi connectivity index (χ1) is 12.7. The van der Waals surface area contributed by atoms with Gasteiger partial charge in [0.05, 0.1) is 11.7 Å². The Morgan fingerprint density at radius 3 is 2.88 bits per heavy atom. The predicted molar refractivity (Wildman–Crippen MR) is 102 cm³/mol. The Kier molecular flexibility index (Phi) is 5.62. The molecule has 7 nitrogen and oxygen atoms in total. The van der Waals surface area contributed by atoms with Crippen LogP contribution in [-0.2, 0) is 4.84 Å². The quantitative estimate of drug-likeness (QED) is 0.686. The molecule has 0 amide bonds. The molecule has 26 heavy (non-hydrogen) atoms. The highest BCUT2D eigenvalue weighted by Gasteiger charge is 2.15. The van der Waals surface area contributed by atoms with Gasteiger partial charge in [-0.25, -0.2) is 0 Å². The topological polar surface area (TPSA) is 108 Å². The number of rotatable bonds is 6. The number of benzene rings is 1. The van der Waals surface area contributed by atoms with Crippen molar-refractivity contribution < 1.29 is 4.84 Å². The van der Waals surface area contributed by atoms with Gasteiger partial charge in [-0.2, -0.15) is 11.0 Å². The second-order valence-electron chi connectivity index (χ2n) is 5.75. The average molecular weight is 351 g/mol. The van der Waals surface area contributed by atoms with Crippen LogP contribution in [0.4, 0.5) is 5.69 Å². The fourth-order valence-corrected chi connectivity index (χ4v) is 2.69. The van der Waals surface area contributed by atoms with Gasteiger partial charge in [-0.15, -0.1) is 0 Å². The third-order valence-corrected chi connectivity index (χ3v) is 3.95. The minimum Gasteiger partial charge on any atom is -0.412 e. The Morgan fingerprint density at radius 2 is 2.15 bits per heavy atom. The Morgan fingerprint density at radius 1 is 1.35 bits per heavy atom. The van der Waals surface area contributed by atoms with E-state index < -0.39 is 0 Å². The number of aromatic nitrogens is 2. The van der Waals surface area contributed by atoms with Gasteiger partial charge in [0.25, 0.3) is 0 Å². The summed E-state index contributed by atoms with van der Waals surface area (Å²) in [7, 11) is 0. The standard InChI is InChI=1S/C19H21N5O2/c20-11-9-17(22-14-5-2-1-3-6-14)19-18(25)10-12-24(23-19)15-7-4-8-16(13-15)26-21/h1-6,8-10,12-13,15,22H,7,11,20-21H2/b17-9-. The summed E-state index contributed by atoms with van der Waals surface area (Å²) in [6.07, 6.45) is 9.74. The summed E-state index contributed by atoms with van der Waals surface area (Å²) in [4.78, 5) is 17.2. The van der Waals surface area contributed by atoms with E-state index in [0.717, 1.165) is 12.1 Å². The number of nitrogens with two attached hydrogens (primary N) is 2. The number of hydrogen-bond acceptors (Lipinski definition) is 6. The summed E-state index contributed by atoms with van der Waals surface area (Å²) in [5, 5.41) is 7.74. The SMILES string of the molecule is NC/C=C(\Nc1ccccc1)c1nn(C2C=C(ON)C=CC2)ccc1=O. The van der Waals surface area contributed by atoms with E-state index in [1.165, 1.54) is 6.07 Å². The lowest BCUT2D eigenvalue weighted by molar-refractivity contribution is 0.228. The molecule has 1 unspecified atom stereocenters. The van der Waals surface area contributed by atoms with Gasteiger partial charge in [0, 0.05) is 24.5 Å². The minimum atomic E-state index is -0.185. The number of anilines is 1. The van der Waals surface area contributed by atoms with Gasteiger partial charge in [0.15, 0.2) is 5.69 Å². The van der Waals surface area contributed by atoms with Crippen molar-refractivity contribution in [3.05, 3.63) is 88.6 Å². The molecule has 3 rings (SSSR count). The normalized spacial score (nSPS) is 16.9. The summed E-state index contributed by atoms with van der Waals surface area (Å²) in [6, 6.07) is 11.0. The molecule has 0 spiro atoms. The van der Waals surface area contributed by atoms with E-state index in [1.54, 1.807) is 23.0 Å². The molecule has 1 atom stereocenters. The number of allylic oxidation sites excluding steroid dienone is 3. The lowest BCUT2D eigenvalue weighted by Crippen LogP contribution is -2.22. The van der Waals surface area contributed by atoms with E-state index >= 15 is 0 Å². The van der Waals surface area contributed by atoms with Crippen LogP contribution >= 0.6 is 0 Å². The van der Waals surface area contributed by atoms with Crippen molar-refractivity contribution in [3.63, 3.8) is 0 Å². The fraction of sp³-hybridized carbons (Fsp3) is 0.158. The molecule has 1 aromatic heterocycles. The van der Waals surface area contributed by atoms with Crippen LogP contribution in [0.3, 0.4) is 0 Å². The molecular formula is C19H21N5O2. The van der Waals surface area contributed by atoms with Gasteiger partial charge >= 0.3 is 0 Å². The van der Waals surface area contributed by atoms with Gasteiger partial charge in [-0.1, -0.05) is 24.3 Å². The maximum Gasteiger partial charge on any atom is 0.209 e. The Labute approximate surface area is 151 Å². The summed E-state index contributed by atoms with van der Waals surface area (Å²) in [5.41, 5.74) is 7.23. The molecule has 0 aliphatic heterocycles. The predicted octanol–water partition coefficient (Wildman–Crippen LogP) is 1.93. The highest BCUT2D eigenvalue weighted by atomic mass is 16.6. The molecule has 1 heterocycles. The Hall–Kier alpha value is -3.16. The first-order valence-corrected chi connectivity index (χ1v) is 8.28. The Balaban J connectivity index is 1.95. The van der Waals surface area contributed by atoms with Crippen molar-refractivity contribution in [2.75, 3.05) is 11.9 Å².